The zero-order valence-corrected chi connectivity index (χ0v) is 7.51. The molecule has 60 valence electrons. The Morgan fingerprint density at radius 3 is 2.75 bits per heavy atom. The van der Waals surface area contributed by atoms with Gasteiger partial charge in [0.05, 0.1) is 6.20 Å². The van der Waals surface area contributed by atoms with E-state index in [2.05, 4.69) is 15.0 Å². The summed E-state index contributed by atoms with van der Waals surface area (Å²) >= 11 is 7.06. The molecule has 0 radical (unpaired) electrons. The van der Waals surface area contributed by atoms with E-state index in [1.807, 2.05) is 5.38 Å². The van der Waals surface area contributed by atoms with Crippen molar-refractivity contribution < 1.29 is 0 Å². The van der Waals surface area contributed by atoms with Crippen LogP contribution in [0.4, 0.5) is 0 Å². The minimum Gasteiger partial charge on any atom is -0.261 e. The molecule has 0 bridgehead atoms. The van der Waals surface area contributed by atoms with E-state index in [9.17, 15) is 0 Å². The molecule has 2 aromatic heterocycles. The van der Waals surface area contributed by atoms with Crippen molar-refractivity contribution in [3.05, 3.63) is 28.4 Å². The molecule has 12 heavy (non-hydrogen) atoms. The van der Waals surface area contributed by atoms with Crippen LogP contribution in [0.3, 0.4) is 0 Å². The number of hydrogen-bond donors (Lipinski definition) is 0. The Kier molecular flexibility index (Phi) is 2.01. The summed E-state index contributed by atoms with van der Waals surface area (Å²) in [5, 5.41) is 1.85. The SMILES string of the molecule is Clc1nc(-c2cnccn2)cs1. The quantitative estimate of drug-likeness (QED) is 0.704. The van der Waals surface area contributed by atoms with Gasteiger partial charge in [-0.05, 0) is 0 Å². The first kappa shape index (κ1) is 7.64. The fourth-order valence-electron chi connectivity index (χ4n) is 0.801. The maximum Gasteiger partial charge on any atom is 0.184 e. The van der Waals surface area contributed by atoms with Crippen molar-refractivity contribution in [2.45, 2.75) is 0 Å². The summed E-state index contributed by atoms with van der Waals surface area (Å²) in [5.41, 5.74) is 1.53. The Morgan fingerprint density at radius 1 is 1.25 bits per heavy atom. The van der Waals surface area contributed by atoms with E-state index in [1.54, 1.807) is 18.6 Å². The van der Waals surface area contributed by atoms with Gasteiger partial charge in [-0.25, -0.2) is 4.98 Å². The number of nitrogens with zero attached hydrogens (tertiary/aromatic N) is 3. The van der Waals surface area contributed by atoms with Crippen LogP contribution < -0.4 is 0 Å². The van der Waals surface area contributed by atoms with Crippen LogP contribution in [0.5, 0.6) is 0 Å². The van der Waals surface area contributed by atoms with Gasteiger partial charge in [-0.15, -0.1) is 11.3 Å². The topological polar surface area (TPSA) is 38.7 Å². The van der Waals surface area contributed by atoms with E-state index in [4.69, 9.17) is 11.6 Å². The predicted octanol–water partition coefficient (Wildman–Crippen LogP) is 2.25. The molecule has 3 nitrogen and oxygen atoms in total. The minimum absolute atomic E-state index is 0.524. The van der Waals surface area contributed by atoms with E-state index >= 15 is 0 Å². The van der Waals surface area contributed by atoms with Gasteiger partial charge in [0, 0.05) is 17.8 Å². The van der Waals surface area contributed by atoms with Crippen molar-refractivity contribution in [2.24, 2.45) is 0 Å². The number of aromatic nitrogens is 3. The maximum atomic E-state index is 5.67. The number of hydrogen-bond acceptors (Lipinski definition) is 4. The molecule has 0 aliphatic carbocycles. The lowest BCUT2D eigenvalue weighted by Gasteiger charge is -1.90. The van der Waals surface area contributed by atoms with Gasteiger partial charge in [0.2, 0.25) is 0 Å². The van der Waals surface area contributed by atoms with E-state index < -0.39 is 0 Å². The Balaban J connectivity index is 2.45. The van der Waals surface area contributed by atoms with Gasteiger partial charge < -0.3 is 0 Å². The summed E-state index contributed by atoms with van der Waals surface area (Å²) in [6.07, 6.45) is 4.91. The highest BCUT2D eigenvalue weighted by atomic mass is 35.5. The summed E-state index contributed by atoms with van der Waals surface area (Å²) < 4.78 is 0.524. The van der Waals surface area contributed by atoms with Crippen LogP contribution in [0, 0.1) is 0 Å². The van der Waals surface area contributed by atoms with Crippen molar-refractivity contribution in [3.63, 3.8) is 0 Å². The number of rotatable bonds is 1. The van der Waals surface area contributed by atoms with Crippen LogP contribution >= 0.6 is 22.9 Å². The van der Waals surface area contributed by atoms with E-state index in [0.29, 0.717) is 4.47 Å². The molecule has 0 aliphatic rings. The molecule has 0 aromatic carbocycles. The highest BCUT2D eigenvalue weighted by Gasteiger charge is 2.02. The largest absolute Gasteiger partial charge is 0.261 e. The Labute approximate surface area is 78.1 Å². The average molecular weight is 198 g/mol. The lowest BCUT2D eigenvalue weighted by atomic mass is 10.4. The van der Waals surface area contributed by atoms with Gasteiger partial charge >= 0.3 is 0 Å². The third-order valence-electron chi connectivity index (χ3n) is 1.30. The summed E-state index contributed by atoms with van der Waals surface area (Å²) in [4.78, 5) is 12.1. The van der Waals surface area contributed by atoms with E-state index in [-0.39, 0.29) is 0 Å². The fraction of sp³-hybridized carbons (Fsp3) is 0. The highest BCUT2D eigenvalue weighted by molar-refractivity contribution is 7.14. The van der Waals surface area contributed by atoms with Crippen molar-refractivity contribution in [2.75, 3.05) is 0 Å². The standard InChI is InChI=1S/C7H4ClN3S/c8-7-11-6(4-12-7)5-3-9-1-2-10-5/h1-4H. The van der Waals surface area contributed by atoms with Crippen molar-refractivity contribution >= 4 is 22.9 Å². The van der Waals surface area contributed by atoms with E-state index in [0.717, 1.165) is 11.4 Å². The Hall–Kier alpha value is -1.00. The second kappa shape index (κ2) is 3.16. The first-order valence-electron chi connectivity index (χ1n) is 3.23. The van der Waals surface area contributed by atoms with Crippen molar-refractivity contribution in [3.8, 4) is 11.4 Å². The first-order chi connectivity index (χ1) is 5.86. The van der Waals surface area contributed by atoms with Crippen LogP contribution in [0.15, 0.2) is 24.0 Å². The van der Waals surface area contributed by atoms with E-state index in [1.165, 1.54) is 11.3 Å². The molecule has 2 heterocycles. The van der Waals surface area contributed by atoms with Gasteiger partial charge in [-0.1, -0.05) is 11.6 Å². The van der Waals surface area contributed by atoms with Crippen LogP contribution in [-0.2, 0) is 0 Å². The lowest BCUT2D eigenvalue weighted by Crippen LogP contribution is -1.82. The predicted molar refractivity (Wildman–Crippen MR) is 48.2 cm³/mol. The fourth-order valence-corrected chi connectivity index (χ4v) is 1.56. The molecular formula is C7H4ClN3S. The third kappa shape index (κ3) is 1.44. The summed E-state index contributed by atoms with van der Waals surface area (Å²) in [7, 11) is 0. The minimum atomic E-state index is 0.524. The van der Waals surface area contributed by atoms with Crippen LogP contribution in [-0.4, -0.2) is 15.0 Å². The highest BCUT2D eigenvalue weighted by Crippen LogP contribution is 2.21. The molecule has 0 unspecified atom stereocenters. The molecule has 0 atom stereocenters. The summed E-state index contributed by atoms with van der Waals surface area (Å²) in [6.45, 7) is 0. The van der Waals surface area contributed by atoms with Gasteiger partial charge in [0.15, 0.2) is 4.47 Å². The molecule has 0 saturated heterocycles. The molecule has 0 aliphatic heterocycles. The van der Waals surface area contributed by atoms with Gasteiger partial charge in [0.1, 0.15) is 11.4 Å². The Bertz CT molecular complexity index is 373. The van der Waals surface area contributed by atoms with Crippen LogP contribution in [0.2, 0.25) is 4.47 Å². The molecule has 5 heteroatoms. The van der Waals surface area contributed by atoms with Crippen molar-refractivity contribution in [1.29, 1.82) is 0 Å². The first-order valence-corrected chi connectivity index (χ1v) is 4.49. The molecular weight excluding hydrogens is 194 g/mol. The second-order valence-electron chi connectivity index (χ2n) is 2.08. The Morgan fingerprint density at radius 2 is 2.17 bits per heavy atom. The third-order valence-corrected chi connectivity index (χ3v) is 2.28. The monoisotopic (exact) mass is 197 g/mol. The zero-order valence-electron chi connectivity index (χ0n) is 5.94. The number of halogens is 1. The molecule has 2 rings (SSSR count). The molecule has 0 saturated carbocycles. The normalized spacial score (nSPS) is 10.1. The average Bonchev–Trinajstić information content (AvgIpc) is 2.54. The molecule has 0 spiro atoms. The summed E-state index contributed by atoms with van der Waals surface area (Å²) in [6, 6.07) is 0. The lowest BCUT2D eigenvalue weighted by molar-refractivity contribution is 1.19. The summed E-state index contributed by atoms with van der Waals surface area (Å²) in [5.74, 6) is 0. The van der Waals surface area contributed by atoms with Crippen LogP contribution in [0.1, 0.15) is 0 Å². The molecule has 2 aromatic rings. The molecule has 0 amide bonds. The maximum absolute atomic E-state index is 5.67. The van der Waals surface area contributed by atoms with Crippen molar-refractivity contribution in [1.82, 2.24) is 15.0 Å². The zero-order chi connectivity index (χ0) is 8.39. The van der Waals surface area contributed by atoms with Gasteiger partial charge in [-0.3, -0.25) is 9.97 Å². The van der Waals surface area contributed by atoms with Crippen LogP contribution in [0.25, 0.3) is 11.4 Å². The van der Waals surface area contributed by atoms with Gasteiger partial charge in [0.25, 0.3) is 0 Å². The second-order valence-corrected chi connectivity index (χ2v) is 3.52. The molecule has 0 fully saturated rings. The number of thiazole rings is 1. The van der Waals surface area contributed by atoms with Gasteiger partial charge in [-0.2, -0.15) is 0 Å². The molecule has 0 N–H and O–H groups in total. The smallest absolute Gasteiger partial charge is 0.184 e.